The number of aliphatic carboxylic acids is 1. The lowest BCUT2D eigenvalue weighted by Crippen LogP contribution is -2.35. The van der Waals surface area contributed by atoms with Gasteiger partial charge in [0.05, 0.1) is 20.8 Å². The molecular formula is C10H9Cl3N2O3. The Morgan fingerprint density at radius 2 is 1.78 bits per heavy atom. The van der Waals surface area contributed by atoms with Crippen molar-refractivity contribution in [3.8, 4) is 0 Å². The van der Waals surface area contributed by atoms with E-state index < -0.39 is 18.5 Å². The Hall–Kier alpha value is -1.17. The quantitative estimate of drug-likeness (QED) is 0.842. The van der Waals surface area contributed by atoms with E-state index in [1.807, 2.05) is 0 Å². The van der Waals surface area contributed by atoms with Crippen LogP contribution < -0.4 is 5.32 Å². The number of urea groups is 1. The highest BCUT2D eigenvalue weighted by Crippen LogP contribution is 2.32. The van der Waals surface area contributed by atoms with Gasteiger partial charge in [0.1, 0.15) is 6.54 Å². The summed E-state index contributed by atoms with van der Waals surface area (Å²) in [6, 6.07) is 2.16. The van der Waals surface area contributed by atoms with Crippen LogP contribution in [0.5, 0.6) is 0 Å². The summed E-state index contributed by atoms with van der Waals surface area (Å²) in [7, 11) is 1.34. The highest BCUT2D eigenvalue weighted by Gasteiger charge is 2.14. The molecule has 5 nitrogen and oxygen atoms in total. The fourth-order valence-electron chi connectivity index (χ4n) is 1.10. The molecule has 0 bridgehead atoms. The third-order valence-electron chi connectivity index (χ3n) is 1.97. The Kier molecular flexibility index (Phi) is 5.07. The number of hydrogen-bond donors (Lipinski definition) is 2. The van der Waals surface area contributed by atoms with E-state index in [1.165, 1.54) is 19.2 Å². The Morgan fingerprint density at radius 3 is 2.33 bits per heavy atom. The number of carbonyl (C=O) groups excluding carboxylic acids is 1. The molecule has 0 aliphatic rings. The number of carboxylic acid groups (broad SMARTS) is 1. The Balaban J connectivity index is 2.82. The van der Waals surface area contributed by atoms with Gasteiger partial charge in [-0.3, -0.25) is 4.79 Å². The van der Waals surface area contributed by atoms with E-state index >= 15 is 0 Å². The summed E-state index contributed by atoms with van der Waals surface area (Å²) >= 11 is 17.4. The first kappa shape index (κ1) is 14.9. The molecule has 1 aromatic rings. The molecule has 0 atom stereocenters. The average Bonchev–Trinajstić information content (AvgIpc) is 2.24. The number of amides is 2. The topological polar surface area (TPSA) is 69.6 Å². The lowest BCUT2D eigenvalue weighted by Gasteiger charge is -2.16. The Bertz CT molecular complexity index is 494. The van der Waals surface area contributed by atoms with E-state index in [0.29, 0.717) is 0 Å². The third kappa shape index (κ3) is 3.94. The van der Waals surface area contributed by atoms with Crippen LogP contribution in [0.1, 0.15) is 0 Å². The summed E-state index contributed by atoms with van der Waals surface area (Å²) in [5.41, 5.74) is 0.258. The van der Waals surface area contributed by atoms with Crippen LogP contribution >= 0.6 is 34.8 Å². The normalized spacial score (nSPS) is 10.0. The number of nitrogens with zero attached hydrogens (tertiary/aromatic N) is 1. The van der Waals surface area contributed by atoms with Gasteiger partial charge in [0.2, 0.25) is 0 Å². The highest BCUT2D eigenvalue weighted by atomic mass is 35.5. The molecule has 0 saturated heterocycles. The summed E-state index contributed by atoms with van der Waals surface area (Å²) < 4.78 is 0. The van der Waals surface area contributed by atoms with Crippen LogP contribution in [0.2, 0.25) is 15.1 Å². The smallest absolute Gasteiger partial charge is 0.323 e. The Morgan fingerprint density at radius 1 is 1.22 bits per heavy atom. The zero-order valence-corrected chi connectivity index (χ0v) is 11.5. The molecule has 0 fully saturated rings. The molecule has 0 spiro atoms. The lowest BCUT2D eigenvalue weighted by atomic mass is 10.3. The molecule has 0 aromatic heterocycles. The van der Waals surface area contributed by atoms with Crippen molar-refractivity contribution in [3.63, 3.8) is 0 Å². The van der Waals surface area contributed by atoms with Crippen LogP contribution in [0.15, 0.2) is 12.1 Å². The largest absolute Gasteiger partial charge is 0.480 e. The molecular weight excluding hydrogens is 302 g/mol. The van der Waals surface area contributed by atoms with Gasteiger partial charge in [-0.25, -0.2) is 4.79 Å². The van der Waals surface area contributed by atoms with Crippen molar-refractivity contribution >= 4 is 52.5 Å². The number of likely N-dealkylation sites (N-methyl/N-ethyl adjacent to an activating group) is 1. The first-order valence-electron chi connectivity index (χ1n) is 4.69. The number of carboxylic acids is 1. The van der Waals surface area contributed by atoms with Crippen LogP contribution in [-0.4, -0.2) is 35.6 Å². The minimum atomic E-state index is -1.12. The second-order valence-electron chi connectivity index (χ2n) is 3.43. The van der Waals surface area contributed by atoms with E-state index in [0.717, 1.165) is 4.90 Å². The van der Waals surface area contributed by atoms with Gasteiger partial charge in [-0.2, -0.15) is 0 Å². The molecule has 0 radical (unpaired) electrons. The standard InChI is InChI=1S/C10H9Cl3N2O3/c1-15(4-9(16)17)10(18)14-8-3-6(12)5(11)2-7(8)13/h2-3H,4H2,1H3,(H,14,18)(H,16,17). The molecule has 18 heavy (non-hydrogen) atoms. The summed E-state index contributed by atoms with van der Waals surface area (Å²) in [6.45, 7) is -0.426. The van der Waals surface area contributed by atoms with Crippen molar-refractivity contribution in [2.24, 2.45) is 0 Å². The van der Waals surface area contributed by atoms with Crippen molar-refractivity contribution < 1.29 is 14.7 Å². The molecule has 1 rings (SSSR count). The van der Waals surface area contributed by atoms with Gasteiger partial charge in [0.25, 0.3) is 0 Å². The minimum absolute atomic E-state index is 0.210. The number of nitrogens with one attached hydrogen (secondary N) is 1. The van der Waals surface area contributed by atoms with Gasteiger partial charge in [-0.1, -0.05) is 34.8 Å². The lowest BCUT2D eigenvalue weighted by molar-refractivity contribution is -0.137. The van der Waals surface area contributed by atoms with E-state index in [-0.39, 0.29) is 20.8 Å². The first-order valence-corrected chi connectivity index (χ1v) is 5.83. The summed E-state index contributed by atoms with van der Waals surface area (Å²) in [5.74, 6) is -1.12. The summed E-state index contributed by atoms with van der Waals surface area (Å²) in [5, 5.41) is 11.7. The third-order valence-corrected chi connectivity index (χ3v) is 3.01. The van der Waals surface area contributed by atoms with Crippen molar-refractivity contribution in [1.29, 1.82) is 0 Å². The number of carbonyl (C=O) groups is 2. The SMILES string of the molecule is CN(CC(=O)O)C(=O)Nc1cc(Cl)c(Cl)cc1Cl. The van der Waals surface area contributed by atoms with Gasteiger partial charge in [-0.05, 0) is 12.1 Å². The minimum Gasteiger partial charge on any atom is -0.480 e. The molecule has 0 unspecified atom stereocenters. The van der Waals surface area contributed by atoms with Gasteiger partial charge in [0, 0.05) is 7.05 Å². The van der Waals surface area contributed by atoms with Crippen molar-refractivity contribution in [2.75, 3.05) is 18.9 Å². The fourth-order valence-corrected chi connectivity index (χ4v) is 1.70. The number of hydrogen-bond acceptors (Lipinski definition) is 2. The second kappa shape index (κ2) is 6.13. The zero-order valence-electron chi connectivity index (χ0n) is 9.21. The predicted octanol–water partition coefficient (Wildman–Crippen LogP) is 3.20. The maximum absolute atomic E-state index is 11.6. The number of benzene rings is 1. The van der Waals surface area contributed by atoms with E-state index in [4.69, 9.17) is 39.9 Å². The molecule has 98 valence electrons. The van der Waals surface area contributed by atoms with E-state index in [2.05, 4.69) is 5.32 Å². The molecule has 2 N–H and O–H groups in total. The maximum atomic E-state index is 11.6. The van der Waals surface area contributed by atoms with Crippen LogP contribution in [0.4, 0.5) is 10.5 Å². The number of rotatable bonds is 3. The second-order valence-corrected chi connectivity index (χ2v) is 4.65. The van der Waals surface area contributed by atoms with Crippen molar-refractivity contribution in [2.45, 2.75) is 0 Å². The summed E-state index contributed by atoms with van der Waals surface area (Å²) in [6.07, 6.45) is 0. The maximum Gasteiger partial charge on any atom is 0.323 e. The molecule has 1 aromatic carbocycles. The van der Waals surface area contributed by atoms with Gasteiger partial charge in [-0.15, -0.1) is 0 Å². The fraction of sp³-hybridized carbons (Fsp3) is 0.200. The van der Waals surface area contributed by atoms with E-state index in [9.17, 15) is 9.59 Å². The number of halogens is 3. The van der Waals surface area contributed by atoms with E-state index in [1.54, 1.807) is 0 Å². The van der Waals surface area contributed by atoms with Crippen LogP contribution in [-0.2, 0) is 4.79 Å². The van der Waals surface area contributed by atoms with Gasteiger partial charge in [0.15, 0.2) is 0 Å². The number of anilines is 1. The average molecular weight is 312 g/mol. The van der Waals surface area contributed by atoms with Gasteiger partial charge >= 0.3 is 12.0 Å². The first-order chi connectivity index (χ1) is 8.31. The monoisotopic (exact) mass is 310 g/mol. The van der Waals surface area contributed by atoms with Crippen LogP contribution in [0.25, 0.3) is 0 Å². The van der Waals surface area contributed by atoms with Crippen LogP contribution in [0, 0.1) is 0 Å². The van der Waals surface area contributed by atoms with Crippen molar-refractivity contribution in [1.82, 2.24) is 4.90 Å². The molecule has 0 aliphatic heterocycles. The molecule has 0 aliphatic carbocycles. The summed E-state index contributed by atoms with van der Waals surface area (Å²) in [4.78, 5) is 23.0. The molecule has 2 amide bonds. The predicted molar refractivity (Wildman–Crippen MR) is 70.8 cm³/mol. The molecule has 0 saturated carbocycles. The molecule has 0 heterocycles. The molecule has 8 heteroatoms. The zero-order chi connectivity index (χ0) is 13.9. The van der Waals surface area contributed by atoms with Crippen LogP contribution in [0.3, 0.4) is 0 Å². The highest BCUT2D eigenvalue weighted by molar-refractivity contribution is 6.44. The van der Waals surface area contributed by atoms with Gasteiger partial charge < -0.3 is 15.3 Å². The van der Waals surface area contributed by atoms with Crippen molar-refractivity contribution in [3.05, 3.63) is 27.2 Å². The Labute approximate surface area is 118 Å².